The smallest absolute Gasteiger partial charge is 0.273 e. The SMILES string of the molecule is CC1(C)CC(=O)NN1C(=O)Cl. The zero-order valence-electron chi connectivity index (χ0n) is 6.35. The molecule has 1 N–H and O–H groups in total. The maximum atomic E-state index is 10.8. The van der Waals surface area contributed by atoms with Crippen LogP contribution in [0.1, 0.15) is 20.3 Å². The van der Waals surface area contributed by atoms with Crippen molar-refractivity contribution in [1.82, 2.24) is 10.4 Å². The molecule has 0 unspecified atom stereocenters. The molecule has 1 aliphatic heterocycles. The zero-order valence-corrected chi connectivity index (χ0v) is 7.10. The second kappa shape index (κ2) is 2.37. The molecule has 0 saturated carbocycles. The van der Waals surface area contributed by atoms with Crippen molar-refractivity contribution in [3.8, 4) is 0 Å². The number of nitrogens with zero attached hydrogens (tertiary/aromatic N) is 1. The molecule has 2 amide bonds. The Morgan fingerprint density at radius 1 is 1.73 bits per heavy atom. The van der Waals surface area contributed by atoms with Crippen molar-refractivity contribution in [2.45, 2.75) is 25.8 Å². The Bertz CT molecular complexity index is 215. The largest absolute Gasteiger partial charge is 0.335 e. The van der Waals surface area contributed by atoms with E-state index in [1.165, 1.54) is 0 Å². The van der Waals surface area contributed by atoms with Crippen LogP contribution in [0.25, 0.3) is 0 Å². The maximum absolute atomic E-state index is 10.8. The number of halogens is 1. The lowest BCUT2D eigenvalue weighted by Crippen LogP contribution is -2.45. The van der Waals surface area contributed by atoms with Gasteiger partial charge in [-0.15, -0.1) is 0 Å². The van der Waals surface area contributed by atoms with Crippen LogP contribution in [0.3, 0.4) is 0 Å². The summed E-state index contributed by atoms with van der Waals surface area (Å²) in [4.78, 5) is 21.5. The van der Waals surface area contributed by atoms with Crippen LogP contribution >= 0.6 is 11.6 Å². The van der Waals surface area contributed by atoms with E-state index in [1.54, 1.807) is 13.8 Å². The highest BCUT2D eigenvalue weighted by atomic mass is 35.5. The number of rotatable bonds is 0. The molecule has 5 heteroatoms. The van der Waals surface area contributed by atoms with Crippen LogP contribution < -0.4 is 5.43 Å². The van der Waals surface area contributed by atoms with E-state index in [9.17, 15) is 9.59 Å². The average molecular weight is 177 g/mol. The fourth-order valence-electron chi connectivity index (χ4n) is 1.07. The van der Waals surface area contributed by atoms with E-state index in [1.807, 2.05) is 0 Å². The van der Waals surface area contributed by atoms with E-state index in [4.69, 9.17) is 11.6 Å². The molecule has 62 valence electrons. The zero-order chi connectivity index (χ0) is 8.65. The van der Waals surface area contributed by atoms with Crippen molar-refractivity contribution in [3.05, 3.63) is 0 Å². The third kappa shape index (κ3) is 1.45. The Morgan fingerprint density at radius 3 is 2.45 bits per heavy atom. The van der Waals surface area contributed by atoms with Crippen LogP contribution in [-0.2, 0) is 4.79 Å². The van der Waals surface area contributed by atoms with Crippen molar-refractivity contribution in [2.75, 3.05) is 0 Å². The molecule has 0 aromatic carbocycles. The Labute approximate surface area is 69.5 Å². The van der Waals surface area contributed by atoms with Crippen LogP contribution in [0.15, 0.2) is 0 Å². The van der Waals surface area contributed by atoms with Gasteiger partial charge in [0.15, 0.2) is 0 Å². The highest BCUT2D eigenvalue weighted by Gasteiger charge is 2.39. The summed E-state index contributed by atoms with van der Waals surface area (Å²) < 4.78 is 0. The normalized spacial score (nSPS) is 21.7. The van der Waals surface area contributed by atoms with Crippen molar-refractivity contribution in [3.63, 3.8) is 0 Å². The highest BCUT2D eigenvalue weighted by molar-refractivity contribution is 6.63. The minimum absolute atomic E-state index is 0.177. The maximum Gasteiger partial charge on any atom is 0.335 e. The summed E-state index contributed by atoms with van der Waals surface area (Å²) in [5.41, 5.74) is 1.85. The summed E-state index contributed by atoms with van der Waals surface area (Å²) in [6.45, 7) is 3.54. The quantitative estimate of drug-likeness (QED) is 0.440. The summed E-state index contributed by atoms with van der Waals surface area (Å²) in [6, 6.07) is 0. The first kappa shape index (κ1) is 8.33. The van der Waals surface area contributed by atoms with E-state index in [2.05, 4.69) is 5.43 Å². The van der Waals surface area contributed by atoms with E-state index < -0.39 is 10.9 Å². The van der Waals surface area contributed by atoms with Gasteiger partial charge in [0, 0.05) is 0 Å². The van der Waals surface area contributed by atoms with E-state index in [0.717, 1.165) is 5.01 Å². The average Bonchev–Trinajstić information content (AvgIpc) is 2.04. The fourth-order valence-corrected chi connectivity index (χ4v) is 1.34. The van der Waals surface area contributed by atoms with E-state index in [0.29, 0.717) is 6.42 Å². The minimum atomic E-state index is -0.652. The number of hydrogen-bond acceptors (Lipinski definition) is 2. The first-order chi connectivity index (χ1) is 4.93. The number of hydrazine groups is 1. The predicted octanol–water partition coefficient (Wildman–Crippen LogP) is 0.861. The van der Waals surface area contributed by atoms with Crippen molar-refractivity contribution in [2.24, 2.45) is 0 Å². The lowest BCUT2D eigenvalue weighted by atomic mass is 10.0. The van der Waals surface area contributed by atoms with E-state index >= 15 is 0 Å². The lowest BCUT2D eigenvalue weighted by Gasteiger charge is -2.26. The van der Waals surface area contributed by atoms with Gasteiger partial charge in [0.1, 0.15) is 0 Å². The van der Waals surface area contributed by atoms with Crippen LogP contribution in [0.4, 0.5) is 4.79 Å². The molecule has 1 rings (SSSR count). The van der Waals surface area contributed by atoms with Gasteiger partial charge in [-0.1, -0.05) is 0 Å². The number of carbonyl (C=O) groups is 2. The van der Waals surface area contributed by atoms with Crippen LogP contribution in [-0.4, -0.2) is 21.8 Å². The van der Waals surface area contributed by atoms with Gasteiger partial charge in [0.2, 0.25) is 5.91 Å². The highest BCUT2D eigenvalue weighted by Crippen LogP contribution is 2.23. The molecule has 11 heavy (non-hydrogen) atoms. The molecule has 0 spiro atoms. The minimum Gasteiger partial charge on any atom is -0.273 e. The second-order valence-electron chi connectivity index (χ2n) is 3.11. The molecule has 1 fully saturated rings. The van der Waals surface area contributed by atoms with Gasteiger partial charge < -0.3 is 0 Å². The fraction of sp³-hybridized carbons (Fsp3) is 0.667. The molecule has 0 aromatic heterocycles. The third-order valence-electron chi connectivity index (χ3n) is 1.61. The molecule has 1 aliphatic rings. The summed E-state index contributed by atoms with van der Waals surface area (Å²) in [6.07, 6.45) is 0.297. The number of carbonyl (C=O) groups excluding carboxylic acids is 2. The molecule has 1 heterocycles. The molecule has 0 radical (unpaired) electrons. The molecule has 1 saturated heterocycles. The molecule has 0 atom stereocenters. The van der Waals surface area contributed by atoms with Crippen molar-refractivity contribution in [1.29, 1.82) is 0 Å². The van der Waals surface area contributed by atoms with E-state index in [-0.39, 0.29) is 5.91 Å². The summed E-state index contributed by atoms with van der Waals surface area (Å²) in [5, 5.41) is 0.484. The van der Waals surface area contributed by atoms with Crippen LogP contribution in [0.5, 0.6) is 0 Å². The first-order valence-corrected chi connectivity index (χ1v) is 3.60. The molecular formula is C6H9ClN2O2. The second-order valence-corrected chi connectivity index (χ2v) is 3.44. The lowest BCUT2D eigenvalue weighted by molar-refractivity contribution is -0.120. The van der Waals surface area contributed by atoms with Gasteiger partial charge >= 0.3 is 5.37 Å². The standard InChI is InChI=1S/C6H9ClN2O2/c1-6(2)3-4(10)8-9(6)5(7)11/h3H2,1-2H3,(H,8,10). The monoisotopic (exact) mass is 176 g/mol. The Hall–Kier alpha value is -0.770. The molecule has 0 bridgehead atoms. The number of nitrogens with one attached hydrogen (secondary N) is 1. The Morgan fingerprint density at radius 2 is 2.27 bits per heavy atom. The van der Waals surface area contributed by atoms with Gasteiger partial charge in [-0.25, -0.2) is 5.01 Å². The molecule has 0 aliphatic carbocycles. The van der Waals surface area contributed by atoms with Gasteiger partial charge in [-0.05, 0) is 25.4 Å². The number of hydrogen-bond donors (Lipinski definition) is 1. The van der Waals surface area contributed by atoms with Gasteiger partial charge in [-0.3, -0.25) is 15.0 Å². The first-order valence-electron chi connectivity index (χ1n) is 3.23. The number of amides is 2. The summed E-state index contributed by atoms with van der Waals surface area (Å²) in [5.74, 6) is -0.177. The van der Waals surface area contributed by atoms with Crippen molar-refractivity contribution < 1.29 is 9.59 Å². The third-order valence-corrected chi connectivity index (χ3v) is 1.78. The summed E-state index contributed by atoms with van der Waals surface area (Å²) in [7, 11) is 0. The Kier molecular flexibility index (Phi) is 1.80. The molecule has 0 aromatic rings. The topological polar surface area (TPSA) is 49.4 Å². The molecule has 4 nitrogen and oxygen atoms in total. The van der Waals surface area contributed by atoms with Gasteiger partial charge in [0.25, 0.3) is 0 Å². The Balaban J connectivity index is 2.82. The molecular weight excluding hydrogens is 168 g/mol. The van der Waals surface area contributed by atoms with Crippen molar-refractivity contribution >= 4 is 22.9 Å². The summed E-state index contributed by atoms with van der Waals surface area (Å²) >= 11 is 5.21. The van der Waals surface area contributed by atoms with Crippen LogP contribution in [0, 0.1) is 0 Å². The van der Waals surface area contributed by atoms with Crippen LogP contribution in [0.2, 0.25) is 0 Å². The van der Waals surface area contributed by atoms with Gasteiger partial charge in [-0.2, -0.15) is 0 Å². The van der Waals surface area contributed by atoms with Gasteiger partial charge in [0.05, 0.1) is 12.0 Å². The predicted molar refractivity (Wildman–Crippen MR) is 39.9 cm³/mol.